The molecule has 0 aromatic heterocycles. The molecule has 3 rings (SSSR count). The molecule has 2 aliphatic heterocycles. The number of piperidine rings is 1. The van der Waals surface area contributed by atoms with E-state index in [4.69, 9.17) is 4.74 Å². The van der Waals surface area contributed by atoms with Gasteiger partial charge in [-0.25, -0.2) is 4.79 Å². The van der Waals surface area contributed by atoms with E-state index in [1.807, 2.05) is 12.1 Å². The van der Waals surface area contributed by atoms with Gasteiger partial charge in [0.1, 0.15) is 24.5 Å². The predicted molar refractivity (Wildman–Crippen MR) is 87.1 cm³/mol. The summed E-state index contributed by atoms with van der Waals surface area (Å²) < 4.78 is 6.39. The van der Waals surface area contributed by atoms with Crippen LogP contribution in [-0.4, -0.2) is 58.7 Å². The van der Waals surface area contributed by atoms with E-state index in [1.54, 1.807) is 17.0 Å². The third-order valence-electron chi connectivity index (χ3n) is 4.16. The topological polar surface area (TPSA) is 70.1 Å². The normalized spacial score (nSPS) is 22.3. The Balaban J connectivity index is 1.56. The fourth-order valence-electron chi connectivity index (χ4n) is 3.03. The summed E-state index contributed by atoms with van der Waals surface area (Å²) in [5, 5.41) is 10.1. The number of carbonyl (C=O) groups is 2. The molecule has 2 atom stereocenters. The zero-order valence-corrected chi connectivity index (χ0v) is 14.2. The van der Waals surface area contributed by atoms with Crippen molar-refractivity contribution in [3.05, 3.63) is 28.7 Å². The summed E-state index contributed by atoms with van der Waals surface area (Å²) in [6, 6.07) is 6.65. The molecule has 2 fully saturated rings. The number of aliphatic hydroxyl groups is 1. The van der Waals surface area contributed by atoms with E-state index in [-0.39, 0.29) is 31.1 Å². The Hall–Kier alpha value is -1.60. The summed E-state index contributed by atoms with van der Waals surface area (Å²) in [7, 11) is 0. The highest BCUT2D eigenvalue weighted by atomic mass is 79.9. The van der Waals surface area contributed by atoms with Crippen LogP contribution in [0.5, 0.6) is 5.75 Å². The molecule has 2 unspecified atom stereocenters. The summed E-state index contributed by atoms with van der Waals surface area (Å²) >= 11 is 3.35. The van der Waals surface area contributed by atoms with Crippen molar-refractivity contribution in [2.75, 3.05) is 19.7 Å². The number of carbonyl (C=O) groups excluding carboxylic acids is 2. The van der Waals surface area contributed by atoms with Crippen LogP contribution in [0.1, 0.15) is 19.3 Å². The summed E-state index contributed by atoms with van der Waals surface area (Å²) in [6.07, 6.45) is 1.69. The number of hydrogen-bond acceptors (Lipinski definition) is 4. The first-order valence-electron chi connectivity index (χ1n) is 7.74. The first-order valence-corrected chi connectivity index (χ1v) is 8.54. The maximum Gasteiger partial charge on any atom is 0.327 e. The first kappa shape index (κ1) is 16.3. The third kappa shape index (κ3) is 3.50. The van der Waals surface area contributed by atoms with Crippen molar-refractivity contribution in [1.29, 1.82) is 0 Å². The monoisotopic (exact) mass is 382 g/mol. The van der Waals surface area contributed by atoms with Gasteiger partial charge in [0.25, 0.3) is 5.91 Å². The van der Waals surface area contributed by atoms with Crippen LogP contribution in [0.25, 0.3) is 0 Å². The second kappa shape index (κ2) is 6.88. The van der Waals surface area contributed by atoms with Crippen molar-refractivity contribution in [3.63, 3.8) is 0 Å². The van der Waals surface area contributed by atoms with E-state index < -0.39 is 6.10 Å². The highest BCUT2D eigenvalue weighted by molar-refractivity contribution is 9.10. The largest absolute Gasteiger partial charge is 0.491 e. The van der Waals surface area contributed by atoms with Crippen LogP contribution in [0.2, 0.25) is 0 Å². The van der Waals surface area contributed by atoms with Gasteiger partial charge in [-0.2, -0.15) is 0 Å². The second-order valence-corrected chi connectivity index (χ2v) is 6.77. The van der Waals surface area contributed by atoms with Crippen molar-refractivity contribution >= 4 is 27.9 Å². The van der Waals surface area contributed by atoms with E-state index in [0.717, 1.165) is 22.2 Å². The molecule has 124 valence electrons. The Morgan fingerprint density at radius 2 is 2.17 bits per heavy atom. The van der Waals surface area contributed by atoms with Gasteiger partial charge >= 0.3 is 6.03 Å². The maximum absolute atomic E-state index is 12.3. The van der Waals surface area contributed by atoms with Gasteiger partial charge in [0, 0.05) is 11.0 Å². The van der Waals surface area contributed by atoms with E-state index in [2.05, 4.69) is 15.9 Å². The molecule has 3 amide bonds. The molecule has 0 aliphatic carbocycles. The summed E-state index contributed by atoms with van der Waals surface area (Å²) in [4.78, 5) is 27.4. The lowest BCUT2D eigenvalue weighted by atomic mass is 10.0. The van der Waals surface area contributed by atoms with E-state index >= 15 is 0 Å². The summed E-state index contributed by atoms with van der Waals surface area (Å²) in [6.45, 7) is 0.618. The zero-order valence-electron chi connectivity index (χ0n) is 12.7. The molecule has 0 bridgehead atoms. The Kier molecular flexibility index (Phi) is 4.87. The number of rotatable bonds is 5. The Morgan fingerprint density at radius 3 is 2.91 bits per heavy atom. The molecule has 0 saturated carbocycles. The number of imide groups is 1. The number of hydrogen-bond donors (Lipinski definition) is 1. The van der Waals surface area contributed by atoms with Crippen LogP contribution in [-0.2, 0) is 4.79 Å². The molecule has 6 nitrogen and oxygen atoms in total. The fraction of sp³-hybridized carbons (Fsp3) is 0.500. The molecule has 23 heavy (non-hydrogen) atoms. The molecule has 2 aliphatic rings. The van der Waals surface area contributed by atoms with Crippen LogP contribution >= 0.6 is 15.9 Å². The predicted octanol–water partition coefficient (Wildman–Crippen LogP) is 2.01. The summed E-state index contributed by atoms with van der Waals surface area (Å²) in [5.74, 6) is 0.422. The number of aliphatic hydroxyl groups excluding tert-OH is 1. The van der Waals surface area contributed by atoms with Gasteiger partial charge in [0.2, 0.25) is 0 Å². The van der Waals surface area contributed by atoms with Crippen molar-refractivity contribution in [2.24, 2.45) is 0 Å². The highest BCUT2D eigenvalue weighted by Crippen LogP contribution is 2.26. The SMILES string of the molecule is O=C1C2CCCCN2C(=O)N1CC(O)COc1cccc(Br)c1. The van der Waals surface area contributed by atoms with E-state index in [9.17, 15) is 14.7 Å². The minimum Gasteiger partial charge on any atom is -0.491 e. The van der Waals surface area contributed by atoms with Gasteiger partial charge in [0.05, 0.1) is 6.54 Å². The Labute approximate surface area is 143 Å². The zero-order chi connectivity index (χ0) is 16.4. The van der Waals surface area contributed by atoms with Gasteiger partial charge in [-0.3, -0.25) is 9.69 Å². The average Bonchev–Trinajstić information content (AvgIpc) is 2.79. The minimum absolute atomic E-state index is 0.0260. The highest BCUT2D eigenvalue weighted by Gasteiger charge is 2.46. The van der Waals surface area contributed by atoms with Crippen LogP contribution in [0.3, 0.4) is 0 Å². The van der Waals surface area contributed by atoms with Crippen molar-refractivity contribution in [3.8, 4) is 5.75 Å². The number of ether oxygens (including phenoxy) is 1. The van der Waals surface area contributed by atoms with Crippen molar-refractivity contribution in [2.45, 2.75) is 31.4 Å². The number of β-amino-alcohol motifs (C(OH)–C–C–N with tert-alkyl or cyclic N) is 1. The molecule has 7 heteroatoms. The average molecular weight is 383 g/mol. The molecular weight excluding hydrogens is 364 g/mol. The number of nitrogens with zero attached hydrogens (tertiary/aromatic N) is 2. The lowest BCUT2D eigenvalue weighted by molar-refractivity contribution is -0.129. The molecule has 2 heterocycles. The van der Waals surface area contributed by atoms with Crippen LogP contribution in [0.4, 0.5) is 4.79 Å². The molecule has 0 radical (unpaired) electrons. The number of benzene rings is 1. The van der Waals surface area contributed by atoms with Crippen molar-refractivity contribution < 1.29 is 19.4 Å². The van der Waals surface area contributed by atoms with Crippen LogP contribution < -0.4 is 4.74 Å². The molecular formula is C16H19BrN2O4. The molecule has 1 aromatic rings. The maximum atomic E-state index is 12.3. The van der Waals surface area contributed by atoms with Crippen LogP contribution in [0.15, 0.2) is 28.7 Å². The standard InChI is InChI=1S/C16H19BrN2O4/c17-11-4-3-5-13(8-11)23-10-12(20)9-19-15(21)14-6-1-2-7-18(14)16(19)22/h3-5,8,12,14,20H,1-2,6-7,9-10H2. The minimum atomic E-state index is -0.914. The smallest absolute Gasteiger partial charge is 0.327 e. The van der Waals surface area contributed by atoms with Crippen molar-refractivity contribution in [1.82, 2.24) is 9.80 Å². The van der Waals surface area contributed by atoms with Gasteiger partial charge in [-0.1, -0.05) is 22.0 Å². The van der Waals surface area contributed by atoms with E-state index in [0.29, 0.717) is 18.7 Å². The van der Waals surface area contributed by atoms with Gasteiger partial charge in [-0.15, -0.1) is 0 Å². The second-order valence-electron chi connectivity index (χ2n) is 5.86. The van der Waals surface area contributed by atoms with Gasteiger partial charge < -0.3 is 14.7 Å². The quantitative estimate of drug-likeness (QED) is 0.790. The molecule has 1 aromatic carbocycles. The van der Waals surface area contributed by atoms with E-state index in [1.165, 1.54) is 0 Å². The molecule has 0 spiro atoms. The number of halogens is 1. The lowest BCUT2D eigenvalue weighted by Crippen LogP contribution is -2.40. The lowest BCUT2D eigenvalue weighted by Gasteiger charge is -2.26. The fourth-order valence-corrected chi connectivity index (χ4v) is 3.41. The Morgan fingerprint density at radius 1 is 1.35 bits per heavy atom. The third-order valence-corrected chi connectivity index (χ3v) is 4.66. The number of fused-ring (bicyclic) bond motifs is 1. The Bertz CT molecular complexity index is 585. The number of urea groups is 1. The van der Waals surface area contributed by atoms with Gasteiger partial charge in [-0.05, 0) is 37.5 Å². The molecule has 1 N–H and O–H groups in total. The van der Waals surface area contributed by atoms with Crippen LogP contribution in [0, 0.1) is 0 Å². The summed E-state index contributed by atoms with van der Waals surface area (Å²) in [5.41, 5.74) is 0. The number of amides is 3. The molecule has 2 saturated heterocycles. The first-order chi connectivity index (χ1) is 11.1. The van der Waals surface area contributed by atoms with Gasteiger partial charge in [0.15, 0.2) is 0 Å².